The van der Waals surface area contributed by atoms with E-state index in [0.29, 0.717) is 11.7 Å². The molecule has 1 amide bonds. The van der Waals surface area contributed by atoms with Crippen LogP contribution in [-0.4, -0.2) is 37.1 Å². The number of aryl methyl sites for hydroxylation is 2. The van der Waals surface area contributed by atoms with Gasteiger partial charge in [0, 0.05) is 25.0 Å². The van der Waals surface area contributed by atoms with Crippen molar-refractivity contribution in [2.45, 2.75) is 33.2 Å². The molecule has 1 aromatic heterocycles. The Morgan fingerprint density at radius 1 is 1.41 bits per heavy atom. The van der Waals surface area contributed by atoms with Gasteiger partial charge in [-0.3, -0.25) is 9.69 Å². The van der Waals surface area contributed by atoms with Crippen LogP contribution in [0.25, 0.3) is 0 Å². The van der Waals surface area contributed by atoms with Crippen LogP contribution in [0, 0.1) is 12.8 Å². The number of allylic oxidation sites excluding steroid dienone is 1. The Bertz CT molecular complexity index is 677. The number of thiocarbonyl (C=S) groups is 1. The molecule has 0 aromatic carbocycles. The highest BCUT2D eigenvalue weighted by atomic mass is 32.2. The zero-order chi connectivity index (χ0) is 15.7. The molecule has 2 aliphatic rings. The minimum Gasteiger partial charge on any atom is -0.335 e. The van der Waals surface area contributed by atoms with Crippen LogP contribution in [0.3, 0.4) is 0 Å². The number of aliphatic imine (C=N–C) groups is 1. The third kappa shape index (κ3) is 2.87. The van der Waals surface area contributed by atoms with E-state index in [1.807, 2.05) is 25.5 Å². The molecule has 0 fully saturated rings. The standard InChI is InChI=1S/C15H18N4OS2/c1-3-11-7-12-13(22-11)17-15(21)19(14(12)20)6-4-5-18-9-16-8-10(18)2/h7-9,12H,3-6H2,1-2H3. The molecule has 3 heterocycles. The molecule has 116 valence electrons. The fourth-order valence-corrected chi connectivity index (χ4v) is 3.97. The summed E-state index contributed by atoms with van der Waals surface area (Å²) in [6, 6.07) is 0. The van der Waals surface area contributed by atoms with Gasteiger partial charge >= 0.3 is 0 Å². The zero-order valence-electron chi connectivity index (χ0n) is 12.7. The van der Waals surface area contributed by atoms with E-state index in [-0.39, 0.29) is 11.8 Å². The first-order chi connectivity index (χ1) is 10.6. The highest BCUT2D eigenvalue weighted by Crippen LogP contribution is 2.37. The van der Waals surface area contributed by atoms with Crippen molar-refractivity contribution in [2.75, 3.05) is 6.54 Å². The van der Waals surface area contributed by atoms with E-state index in [0.717, 1.165) is 30.1 Å². The molecule has 0 saturated heterocycles. The molecule has 0 aliphatic carbocycles. The molecule has 5 nitrogen and oxygen atoms in total. The van der Waals surface area contributed by atoms with Gasteiger partial charge in [-0.2, -0.15) is 0 Å². The average Bonchev–Trinajstić information content (AvgIpc) is 3.09. The quantitative estimate of drug-likeness (QED) is 0.777. The fraction of sp³-hybridized carbons (Fsp3) is 0.467. The van der Waals surface area contributed by atoms with Gasteiger partial charge in [-0.1, -0.05) is 24.8 Å². The summed E-state index contributed by atoms with van der Waals surface area (Å²) >= 11 is 6.90. The Hall–Kier alpha value is -1.47. The van der Waals surface area contributed by atoms with Crippen molar-refractivity contribution in [3.63, 3.8) is 0 Å². The van der Waals surface area contributed by atoms with E-state index < -0.39 is 0 Å². The molecule has 7 heteroatoms. The number of hydrogen-bond acceptors (Lipinski definition) is 4. The van der Waals surface area contributed by atoms with Gasteiger partial charge in [-0.25, -0.2) is 9.98 Å². The molecular formula is C15H18N4OS2. The molecule has 1 unspecified atom stereocenters. The second kappa shape index (κ2) is 6.34. The van der Waals surface area contributed by atoms with E-state index in [1.54, 1.807) is 16.7 Å². The lowest BCUT2D eigenvalue weighted by atomic mass is 10.1. The molecule has 0 bridgehead atoms. The molecule has 0 spiro atoms. The summed E-state index contributed by atoms with van der Waals surface area (Å²) < 4.78 is 2.08. The monoisotopic (exact) mass is 334 g/mol. The smallest absolute Gasteiger partial charge is 0.242 e. The predicted octanol–water partition coefficient (Wildman–Crippen LogP) is 2.76. The number of carbonyl (C=O) groups excluding carboxylic acids is 1. The van der Waals surface area contributed by atoms with Gasteiger partial charge < -0.3 is 4.57 Å². The van der Waals surface area contributed by atoms with Crippen LogP contribution in [-0.2, 0) is 11.3 Å². The Kier molecular flexibility index (Phi) is 4.44. The number of amides is 1. The van der Waals surface area contributed by atoms with Crippen LogP contribution in [0.1, 0.15) is 25.5 Å². The second-order valence-electron chi connectivity index (χ2n) is 5.37. The maximum Gasteiger partial charge on any atom is 0.242 e. The maximum absolute atomic E-state index is 12.6. The number of aromatic nitrogens is 2. The van der Waals surface area contributed by atoms with Gasteiger partial charge in [0.25, 0.3) is 0 Å². The third-order valence-corrected chi connectivity index (χ3v) is 5.43. The summed E-state index contributed by atoms with van der Waals surface area (Å²) in [5.74, 6) is -0.157. The van der Waals surface area contributed by atoms with Gasteiger partial charge in [-0.05, 0) is 36.9 Å². The summed E-state index contributed by atoms with van der Waals surface area (Å²) in [5.41, 5.74) is 1.12. The molecular weight excluding hydrogens is 316 g/mol. The van der Waals surface area contributed by atoms with Crippen LogP contribution in [0.5, 0.6) is 0 Å². The Morgan fingerprint density at radius 2 is 2.23 bits per heavy atom. The minimum atomic E-state index is -0.221. The lowest BCUT2D eigenvalue weighted by Crippen LogP contribution is -2.44. The number of hydrogen-bond donors (Lipinski definition) is 0. The summed E-state index contributed by atoms with van der Waals surface area (Å²) in [5, 5.41) is 1.24. The van der Waals surface area contributed by atoms with Crippen LogP contribution in [0.15, 0.2) is 28.5 Å². The Morgan fingerprint density at radius 3 is 2.91 bits per heavy atom. The summed E-state index contributed by atoms with van der Waals surface area (Å²) in [4.78, 5) is 24.0. The summed E-state index contributed by atoms with van der Waals surface area (Å²) in [7, 11) is 0. The molecule has 22 heavy (non-hydrogen) atoms. The lowest BCUT2D eigenvalue weighted by molar-refractivity contribution is -0.128. The van der Waals surface area contributed by atoms with Gasteiger partial charge in [0.1, 0.15) is 5.92 Å². The average molecular weight is 334 g/mol. The predicted molar refractivity (Wildman–Crippen MR) is 92.8 cm³/mol. The largest absolute Gasteiger partial charge is 0.335 e. The van der Waals surface area contributed by atoms with Gasteiger partial charge in [0.15, 0.2) is 0 Å². The van der Waals surface area contributed by atoms with E-state index >= 15 is 0 Å². The maximum atomic E-state index is 12.6. The first-order valence-corrected chi connectivity index (χ1v) is 8.62. The van der Waals surface area contributed by atoms with E-state index in [1.165, 1.54) is 4.91 Å². The highest BCUT2D eigenvalue weighted by molar-refractivity contribution is 8.17. The first kappa shape index (κ1) is 15.4. The van der Waals surface area contributed by atoms with Gasteiger partial charge in [0.2, 0.25) is 11.0 Å². The van der Waals surface area contributed by atoms with Crippen LogP contribution < -0.4 is 0 Å². The van der Waals surface area contributed by atoms with Crippen molar-refractivity contribution in [1.29, 1.82) is 0 Å². The SMILES string of the molecule is CCC1=CC2C(=O)N(CCCn3cncc3C)C(=S)N=C2S1. The summed E-state index contributed by atoms with van der Waals surface area (Å²) in [6.07, 6.45) is 7.44. The topological polar surface area (TPSA) is 50.5 Å². The van der Waals surface area contributed by atoms with Crippen molar-refractivity contribution >= 4 is 40.0 Å². The van der Waals surface area contributed by atoms with Crippen LogP contribution in [0.2, 0.25) is 0 Å². The van der Waals surface area contributed by atoms with Crippen molar-refractivity contribution in [3.05, 3.63) is 29.2 Å². The Balaban J connectivity index is 1.65. The number of carbonyl (C=O) groups is 1. The van der Waals surface area contributed by atoms with Crippen molar-refractivity contribution in [1.82, 2.24) is 14.5 Å². The first-order valence-electron chi connectivity index (χ1n) is 7.39. The van der Waals surface area contributed by atoms with Crippen LogP contribution in [0.4, 0.5) is 0 Å². The van der Waals surface area contributed by atoms with Gasteiger partial charge in [0.05, 0.1) is 11.4 Å². The summed E-state index contributed by atoms with van der Waals surface area (Å²) in [6.45, 7) is 5.53. The van der Waals surface area contributed by atoms with Gasteiger partial charge in [-0.15, -0.1) is 0 Å². The zero-order valence-corrected chi connectivity index (χ0v) is 14.3. The fourth-order valence-electron chi connectivity index (χ4n) is 2.59. The molecule has 2 aliphatic heterocycles. The van der Waals surface area contributed by atoms with Crippen LogP contribution >= 0.6 is 24.0 Å². The highest BCUT2D eigenvalue weighted by Gasteiger charge is 2.38. The molecule has 3 rings (SSSR count). The molecule has 0 radical (unpaired) electrons. The molecule has 0 saturated carbocycles. The normalized spacial score (nSPS) is 21.0. The van der Waals surface area contributed by atoms with E-state index in [4.69, 9.17) is 12.2 Å². The van der Waals surface area contributed by atoms with Crippen molar-refractivity contribution < 1.29 is 4.79 Å². The number of imidazole rings is 1. The van der Waals surface area contributed by atoms with Crippen molar-refractivity contribution in [3.8, 4) is 0 Å². The third-order valence-electron chi connectivity index (χ3n) is 3.87. The van der Waals surface area contributed by atoms with E-state index in [2.05, 4.69) is 21.5 Å². The molecule has 1 atom stereocenters. The number of thioether (sulfide) groups is 1. The van der Waals surface area contributed by atoms with E-state index in [9.17, 15) is 4.79 Å². The Labute approximate surface area is 139 Å². The lowest BCUT2D eigenvalue weighted by Gasteiger charge is -2.27. The molecule has 1 aromatic rings. The molecule has 0 N–H and O–H groups in total. The number of rotatable bonds is 5. The van der Waals surface area contributed by atoms with Crippen molar-refractivity contribution in [2.24, 2.45) is 10.9 Å². The second-order valence-corrected chi connectivity index (χ2v) is 6.88. The number of fused-ring (bicyclic) bond motifs is 1. The number of nitrogens with zero attached hydrogens (tertiary/aromatic N) is 4. The minimum absolute atomic E-state index is 0.0632.